The number of alkyl carbamates (subject to hydrolysis) is 2. The van der Waals surface area contributed by atoms with Crippen molar-refractivity contribution in [2.75, 3.05) is 13.1 Å². The zero-order valence-electron chi connectivity index (χ0n) is 25.0. The van der Waals surface area contributed by atoms with E-state index in [1.165, 1.54) is 0 Å². The highest BCUT2D eigenvalue weighted by Crippen LogP contribution is 2.57. The predicted octanol–water partition coefficient (Wildman–Crippen LogP) is 5.71. The first-order chi connectivity index (χ1) is 17.9. The van der Waals surface area contributed by atoms with Crippen molar-refractivity contribution in [3.8, 4) is 6.07 Å². The number of nitrogens with one attached hydrogen (secondary N) is 2. The minimum Gasteiger partial charge on any atom is -0.444 e. The van der Waals surface area contributed by atoms with Gasteiger partial charge in [-0.1, -0.05) is 0 Å². The maximum Gasteiger partial charge on any atom is 0.407 e. The summed E-state index contributed by atoms with van der Waals surface area (Å²) in [5.74, 6) is -0.147. The Balaban J connectivity index is 0.000000216. The summed E-state index contributed by atoms with van der Waals surface area (Å²) in [6.07, 6.45) is 10.9. The highest BCUT2D eigenvalue weighted by atomic mass is 16.6. The molecule has 6 aliphatic rings. The summed E-state index contributed by atoms with van der Waals surface area (Å²) < 4.78 is 10.5. The van der Waals surface area contributed by atoms with Crippen LogP contribution in [0.2, 0.25) is 0 Å². The maximum atomic E-state index is 11.7. The second-order valence-electron chi connectivity index (χ2n) is 14.7. The smallest absolute Gasteiger partial charge is 0.407 e. The molecule has 3 amide bonds. The Morgan fingerprint density at radius 1 is 0.692 bits per heavy atom. The number of ether oxygens (including phenoxy) is 2. The number of nitrogens with zero attached hydrogens (tertiary/aromatic N) is 1. The Labute approximate surface area is 234 Å². The highest BCUT2D eigenvalue weighted by Gasteiger charge is 2.52. The van der Waals surface area contributed by atoms with E-state index in [0.717, 1.165) is 77.0 Å². The number of amides is 3. The molecule has 0 aromatic heterocycles. The van der Waals surface area contributed by atoms with E-state index in [2.05, 4.69) is 16.7 Å². The fourth-order valence-corrected chi connectivity index (χ4v) is 6.74. The van der Waals surface area contributed by atoms with Gasteiger partial charge in [-0.2, -0.15) is 5.26 Å². The number of hydrogen-bond donors (Lipinski definition) is 3. The summed E-state index contributed by atoms with van der Waals surface area (Å²) in [6.45, 7) is 12.5. The fourth-order valence-electron chi connectivity index (χ4n) is 6.74. The lowest BCUT2D eigenvalue weighted by Gasteiger charge is -2.52. The van der Waals surface area contributed by atoms with Crippen LogP contribution in [-0.2, 0) is 14.3 Å². The van der Waals surface area contributed by atoms with Crippen molar-refractivity contribution in [3.05, 3.63) is 0 Å². The van der Waals surface area contributed by atoms with E-state index < -0.39 is 11.2 Å². The molecule has 220 valence electrons. The Morgan fingerprint density at radius 3 is 1.31 bits per heavy atom. The second-order valence-corrected chi connectivity index (χ2v) is 14.7. The maximum absolute atomic E-state index is 11.7. The molecular weight excluding hydrogens is 496 g/mol. The molecule has 0 spiro atoms. The van der Waals surface area contributed by atoms with Crippen molar-refractivity contribution >= 4 is 18.1 Å². The van der Waals surface area contributed by atoms with Gasteiger partial charge in [-0.3, -0.25) is 4.79 Å². The van der Waals surface area contributed by atoms with Crippen LogP contribution in [0, 0.1) is 33.0 Å². The van der Waals surface area contributed by atoms with Crippen molar-refractivity contribution < 1.29 is 23.9 Å². The third kappa shape index (κ3) is 8.02. The number of carbonyl (C=O) groups is 3. The van der Waals surface area contributed by atoms with Crippen LogP contribution in [0.3, 0.4) is 0 Å². The molecule has 9 nitrogen and oxygen atoms in total. The van der Waals surface area contributed by atoms with Crippen LogP contribution in [-0.4, -0.2) is 42.4 Å². The van der Waals surface area contributed by atoms with Gasteiger partial charge in [0.15, 0.2) is 0 Å². The van der Waals surface area contributed by atoms with Crippen molar-refractivity contribution in [2.24, 2.45) is 27.4 Å². The molecule has 6 fully saturated rings. The molecule has 0 radical (unpaired) electrons. The molecule has 4 bridgehead atoms. The number of rotatable bonds is 5. The van der Waals surface area contributed by atoms with Crippen molar-refractivity contribution in [2.45, 2.75) is 130 Å². The van der Waals surface area contributed by atoms with Gasteiger partial charge in [0.2, 0.25) is 5.91 Å². The van der Waals surface area contributed by atoms with Gasteiger partial charge in [0.25, 0.3) is 0 Å². The summed E-state index contributed by atoms with van der Waals surface area (Å²) in [6, 6.07) is 2.51. The Bertz CT molecular complexity index is 922. The molecule has 6 saturated carbocycles. The molecule has 6 rings (SSSR count). The van der Waals surface area contributed by atoms with Gasteiger partial charge < -0.3 is 25.8 Å². The fraction of sp³-hybridized carbons (Fsp3) is 0.867. The average Bonchev–Trinajstić information content (AvgIpc) is 2.87. The number of hydrogen-bond acceptors (Lipinski definition) is 6. The molecule has 0 heterocycles. The molecule has 0 aliphatic heterocycles. The van der Waals surface area contributed by atoms with Crippen LogP contribution >= 0.6 is 0 Å². The first-order valence-electron chi connectivity index (χ1n) is 14.6. The Hall–Kier alpha value is -2.50. The summed E-state index contributed by atoms with van der Waals surface area (Å²) in [5, 5.41) is 15.1. The zero-order chi connectivity index (χ0) is 29.2. The Morgan fingerprint density at radius 2 is 1.03 bits per heavy atom. The van der Waals surface area contributed by atoms with Crippen LogP contribution in [0.1, 0.15) is 119 Å². The monoisotopic (exact) mass is 546 g/mol. The molecule has 9 heteroatoms. The van der Waals surface area contributed by atoms with Gasteiger partial charge >= 0.3 is 12.2 Å². The number of carbonyl (C=O) groups excluding carboxylic acids is 3. The van der Waals surface area contributed by atoms with Gasteiger partial charge in [0.05, 0.1) is 11.5 Å². The molecule has 0 atom stereocenters. The molecular formula is C30H50N4O5. The first kappa shape index (κ1) is 31.0. The number of fused-ring (bicyclic) bond motifs is 6. The molecule has 39 heavy (non-hydrogen) atoms. The van der Waals surface area contributed by atoms with E-state index >= 15 is 0 Å². The summed E-state index contributed by atoms with van der Waals surface area (Å²) in [4.78, 5) is 35.0. The molecule has 0 aromatic carbocycles. The quantitative estimate of drug-likeness (QED) is 0.403. The van der Waals surface area contributed by atoms with E-state index in [1.807, 2.05) is 41.5 Å². The van der Waals surface area contributed by atoms with E-state index in [-0.39, 0.29) is 39.8 Å². The van der Waals surface area contributed by atoms with Crippen LogP contribution < -0.4 is 16.4 Å². The zero-order valence-corrected chi connectivity index (χ0v) is 25.0. The van der Waals surface area contributed by atoms with E-state index in [9.17, 15) is 19.6 Å². The molecule has 0 saturated heterocycles. The van der Waals surface area contributed by atoms with E-state index in [1.54, 1.807) is 0 Å². The molecule has 4 N–H and O–H groups in total. The largest absolute Gasteiger partial charge is 0.444 e. The lowest BCUT2D eigenvalue weighted by molar-refractivity contribution is -0.136. The minimum atomic E-state index is -0.470. The second kappa shape index (κ2) is 11.2. The van der Waals surface area contributed by atoms with Crippen molar-refractivity contribution in [3.63, 3.8) is 0 Å². The van der Waals surface area contributed by atoms with Crippen molar-refractivity contribution in [1.29, 1.82) is 5.26 Å². The van der Waals surface area contributed by atoms with Crippen LogP contribution in [0.4, 0.5) is 9.59 Å². The topological polar surface area (TPSA) is 144 Å². The van der Waals surface area contributed by atoms with E-state index in [4.69, 9.17) is 15.2 Å². The molecule has 0 aromatic rings. The first-order valence-corrected chi connectivity index (χ1v) is 14.6. The average molecular weight is 547 g/mol. The lowest BCUT2D eigenvalue weighted by atomic mass is 9.53. The summed E-state index contributed by atoms with van der Waals surface area (Å²) in [5.41, 5.74) is 4.63. The molecule has 6 aliphatic carbocycles. The van der Waals surface area contributed by atoms with Gasteiger partial charge in [0, 0.05) is 18.5 Å². The van der Waals surface area contributed by atoms with Crippen LogP contribution in [0.25, 0.3) is 0 Å². The van der Waals surface area contributed by atoms with Gasteiger partial charge in [-0.05, 0) is 129 Å². The SMILES string of the molecule is CC(C)(C)OC(=O)NCC12CCC(C#N)(CC1)CC2.CC(C)(C)OC(=O)NCC12CCC(C(N)=O)(CC1)CC2. The van der Waals surface area contributed by atoms with Gasteiger partial charge in [0.1, 0.15) is 11.2 Å². The third-order valence-electron chi connectivity index (χ3n) is 9.58. The number of primary amides is 1. The lowest BCUT2D eigenvalue weighted by Crippen LogP contribution is -2.52. The summed E-state index contributed by atoms with van der Waals surface area (Å²) >= 11 is 0. The predicted molar refractivity (Wildman–Crippen MR) is 148 cm³/mol. The van der Waals surface area contributed by atoms with Gasteiger partial charge in [-0.25, -0.2) is 9.59 Å². The normalized spacial score (nSPS) is 33.2. The Kier molecular flexibility index (Phi) is 8.89. The van der Waals surface area contributed by atoms with E-state index in [0.29, 0.717) is 13.1 Å². The standard InChI is InChI=1S/C15H26N2O3.C15H24N2O2/c1-13(2,3)20-12(19)17-10-14-4-7-15(8-5-14,9-6-14)11(16)18;1-13(2,3)19-12(18)17-11-15-7-4-14(10-16,5-8-15)6-9-15/h4-10H2,1-3H3,(H2,16,18)(H,17,19);4-9,11H2,1-3H3,(H,17,18). The van der Waals surface area contributed by atoms with Gasteiger partial charge in [-0.15, -0.1) is 0 Å². The number of nitriles is 1. The minimum absolute atomic E-state index is 0.0618. The molecule has 0 unspecified atom stereocenters. The van der Waals surface area contributed by atoms with Crippen LogP contribution in [0.15, 0.2) is 0 Å². The van der Waals surface area contributed by atoms with Crippen molar-refractivity contribution in [1.82, 2.24) is 10.6 Å². The highest BCUT2D eigenvalue weighted by molar-refractivity contribution is 5.81. The third-order valence-corrected chi connectivity index (χ3v) is 9.58. The van der Waals surface area contributed by atoms with Crippen LogP contribution in [0.5, 0.6) is 0 Å². The number of nitrogens with two attached hydrogens (primary N) is 1. The summed E-state index contributed by atoms with van der Waals surface area (Å²) in [7, 11) is 0.